The quantitative estimate of drug-likeness (QED) is 0.613. The van der Waals surface area contributed by atoms with Crippen LogP contribution in [0.3, 0.4) is 0 Å². The summed E-state index contributed by atoms with van der Waals surface area (Å²) in [6.07, 6.45) is 1.59. The van der Waals surface area contributed by atoms with E-state index in [2.05, 4.69) is 27.0 Å². The number of rotatable bonds is 4. The van der Waals surface area contributed by atoms with E-state index in [-0.39, 0.29) is 0 Å². The van der Waals surface area contributed by atoms with Gasteiger partial charge >= 0.3 is 0 Å². The second kappa shape index (κ2) is 7.12. The van der Waals surface area contributed by atoms with Crippen LogP contribution in [-0.4, -0.2) is 19.2 Å². The van der Waals surface area contributed by atoms with Crippen molar-refractivity contribution in [3.05, 3.63) is 52.6 Å². The molecule has 0 spiro atoms. The van der Waals surface area contributed by atoms with E-state index in [1.807, 2.05) is 36.4 Å². The Bertz CT molecular complexity index is 936. The van der Waals surface area contributed by atoms with Crippen LogP contribution in [0.4, 0.5) is 0 Å². The third-order valence-electron chi connectivity index (χ3n) is 3.48. The molecule has 0 fully saturated rings. The molecule has 0 aliphatic rings. The molecule has 4 nitrogen and oxygen atoms in total. The number of nitrogens with zero attached hydrogens (tertiary/aromatic N) is 2. The van der Waals surface area contributed by atoms with E-state index in [1.54, 1.807) is 20.4 Å². The van der Waals surface area contributed by atoms with E-state index < -0.39 is 0 Å². The predicted molar refractivity (Wildman–Crippen MR) is 97.8 cm³/mol. The molecule has 0 saturated carbocycles. The van der Waals surface area contributed by atoms with Gasteiger partial charge in [0.15, 0.2) is 11.5 Å². The van der Waals surface area contributed by atoms with Gasteiger partial charge in [-0.25, -0.2) is 0 Å². The first-order valence-electron chi connectivity index (χ1n) is 7.04. The molecular formula is C18H13BrN2O2S. The number of hydrogen-bond donors (Lipinski definition) is 0. The summed E-state index contributed by atoms with van der Waals surface area (Å²) >= 11 is 4.96. The van der Waals surface area contributed by atoms with Crippen LogP contribution < -0.4 is 9.47 Å². The van der Waals surface area contributed by atoms with E-state index in [4.69, 9.17) is 9.47 Å². The van der Waals surface area contributed by atoms with Crippen molar-refractivity contribution >= 4 is 38.6 Å². The van der Waals surface area contributed by atoms with E-state index >= 15 is 0 Å². The van der Waals surface area contributed by atoms with Crippen molar-refractivity contribution < 1.29 is 9.47 Å². The molecular weight excluding hydrogens is 388 g/mol. The van der Waals surface area contributed by atoms with Crippen LogP contribution in [0.1, 0.15) is 5.56 Å². The molecule has 6 heteroatoms. The van der Waals surface area contributed by atoms with Gasteiger partial charge in [-0.05, 0) is 30.3 Å². The van der Waals surface area contributed by atoms with Crippen LogP contribution in [0.25, 0.3) is 10.9 Å². The van der Waals surface area contributed by atoms with Gasteiger partial charge in [0.25, 0.3) is 0 Å². The fraction of sp³-hybridized carbons (Fsp3) is 0.111. The Hall–Kier alpha value is -2.23. The van der Waals surface area contributed by atoms with Crippen molar-refractivity contribution in [2.45, 2.75) is 9.79 Å². The molecule has 0 amide bonds. The first-order chi connectivity index (χ1) is 11.7. The Morgan fingerprint density at radius 2 is 1.75 bits per heavy atom. The Labute approximate surface area is 152 Å². The Morgan fingerprint density at radius 3 is 2.38 bits per heavy atom. The second-order valence-corrected chi connectivity index (χ2v) is 6.89. The number of pyridine rings is 1. The van der Waals surface area contributed by atoms with E-state index in [1.165, 1.54) is 11.8 Å². The first-order valence-corrected chi connectivity index (χ1v) is 8.65. The number of halogens is 1. The zero-order chi connectivity index (χ0) is 17.1. The van der Waals surface area contributed by atoms with Gasteiger partial charge in [0, 0.05) is 31.9 Å². The molecule has 0 N–H and O–H groups in total. The molecule has 24 heavy (non-hydrogen) atoms. The number of fused-ring (bicyclic) bond motifs is 1. The lowest BCUT2D eigenvalue weighted by molar-refractivity contribution is 0.355. The van der Waals surface area contributed by atoms with Crippen molar-refractivity contribution in [2.75, 3.05) is 14.2 Å². The minimum absolute atomic E-state index is 0.530. The average Bonchev–Trinajstić information content (AvgIpc) is 2.62. The van der Waals surface area contributed by atoms with Crippen LogP contribution in [0.5, 0.6) is 11.5 Å². The lowest BCUT2D eigenvalue weighted by Crippen LogP contribution is -1.94. The summed E-state index contributed by atoms with van der Waals surface area (Å²) in [5, 5.41) is 10.3. The summed E-state index contributed by atoms with van der Waals surface area (Å²) < 4.78 is 11.7. The molecule has 2 aromatic carbocycles. The molecule has 0 radical (unpaired) electrons. The Balaban J connectivity index is 2.19. The van der Waals surface area contributed by atoms with Crippen LogP contribution >= 0.6 is 27.7 Å². The fourth-order valence-corrected chi connectivity index (χ4v) is 3.56. The molecule has 0 aliphatic heterocycles. The third kappa shape index (κ3) is 3.18. The molecule has 1 heterocycles. The van der Waals surface area contributed by atoms with Gasteiger partial charge in [0.1, 0.15) is 6.07 Å². The van der Waals surface area contributed by atoms with Crippen molar-refractivity contribution in [2.24, 2.45) is 0 Å². The van der Waals surface area contributed by atoms with Gasteiger partial charge in [-0.15, -0.1) is 0 Å². The molecule has 0 unspecified atom stereocenters. The lowest BCUT2D eigenvalue weighted by Gasteiger charge is -2.12. The maximum absolute atomic E-state index is 9.46. The molecule has 1 aromatic heterocycles. The monoisotopic (exact) mass is 400 g/mol. The second-order valence-electron chi connectivity index (χ2n) is 4.89. The summed E-state index contributed by atoms with van der Waals surface area (Å²) in [4.78, 5) is 6.26. The number of ether oxygens (including phenoxy) is 2. The van der Waals surface area contributed by atoms with Crippen molar-refractivity contribution in [3.8, 4) is 17.6 Å². The minimum atomic E-state index is 0.530. The number of hydrogen-bond acceptors (Lipinski definition) is 5. The van der Waals surface area contributed by atoms with Gasteiger partial charge in [0.05, 0.1) is 25.3 Å². The molecule has 3 rings (SSSR count). The van der Waals surface area contributed by atoms with Gasteiger partial charge in [-0.1, -0.05) is 27.7 Å². The average molecular weight is 401 g/mol. The summed E-state index contributed by atoms with van der Waals surface area (Å²) in [5.41, 5.74) is 1.29. The predicted octanol–water partition coefficient (Wildman–Crippen LogP) is 5.04. The van der Waals surface area contributed by atoms with Crippen LogP contribution in [0.2, 0.25) is 0 Å². The molecule has 120 valence electrons. The normalized spacial score (nSPS) is 10.4. The number of benzene rings is 2. The molecule has 0 saturated heterocycles. The lowest BCUT2D eigenvalue weighted by atomic mass is 10.1. The summed E-state index contributed by atoms with van der Waals surface area (Å²) in [6, 6.07) is 13.9. The molecule has 0 atom stereocenters. The van der Waals surface area contributed by atoms with Gasteiger partial charge in [-0.2, -0.15) is 5.26 Å². The highest BCUT2D eigenvalue weighted by Crippen LogP contribution is 2.40. The summed E-state index contributed by atoms with van der Waals surface area (Å²) in [6.45, 7) is 0. The minimum Gasteiger partial charge on any atom is -0.493 e. The Kier molecular flexibility index (Phi) is 4.93. The van der Waals surface area contributed by atoms with E-state index in [0.717, 1.165) is 25.2 Å². The maximum Gasteiger partial charge on any atom is 0.162 e. The molecule has 3 aromatic rings. The third-order valence-corrected chi connectivity index (χ3v) is 5.16. The highest BCUT2D eigenvalue weighted by atomic mass is 79.9. The van der Waals surface area contributed by atoms with Crippen molar-refractivity contribution in [3.63, 3.8) is 0 Å². The highest BCUT2D eigenvalue weighted by molar-refractivity contribution is 9.10. The zero-order valence-electron chi connectivity index (χ0n) is 13.0. The van der Waals surface area contributed by atoms with E-state index in [0.29, 0.717) is 17.1 Å². The number of nitriles is 1. The van der Waals surface area contributed by atoms with Gasteiger partial charge in [0.2, 0.25) is 0 Å². The van der Waals surface area contributed by atoms with Gasteiger partial charge < -0.3 is 9.47 Å². The molecule has 0 bridgehead atoms. The van der Waals surface area contributed by atoms with Gasteiger partial charge in [-0.3, -0.25) is 4.98 Å². The SMILES string of the molecule is COc1cc2ncc(C#N)c(Sc3ccc(Br)cc3)c2cc1OC. The summed E-state index contributed by atoms with van der Waals surface area (Å²) in [7, 11) is 3.18. The highest BCUT2D eigenvalue weighted by Gasteiger charge is 2.14. The zero-order valence-corrected chi connectivity index (χ0v) is 15.4. The number of aromatic nitrogens is 1. The first kappa shape index (κ1) is 16.6. The largest absolute Gasteiger partial charge is 0.493 e. The van der Waals surface area contributed by atoms with E-state index in [9.17, 15) is 5.26 Å². The van der Waals surface area contributed by atoms with Crippen molar-refractivity contribution in [1.82, 2.24) is 4.98 Å². The maximum atomic E-state index is 9.46. The number of methoxy groups -OCH3 is 2. The van der Waals surface area contributed by atoms with Crippen molar-refractivity contribution in [1.29, 1.82) is 5.26 Å². The molecule has 0 aliphatic carbocycles. The van der Waals surface area contributed by atoms with Crippen LogP contribution in [-0.2, 0) is 0 Å². The topological polar surface area (TPSA) is 55.1 Å². The van der Waals surface area contributed by atoms with Crippen LogP contribution in [0, 0.1) is 11.3 Å². The fourth-order valence-electron chi connectivity index (χ4n) is 2.30. The van der Waals surface area contributed by atoms with Crippen LogP contribution in [0.15, 0.2) is 56.9 Å². The smallest absolute Gasteiger partial charge is 0.162 e. The summed E-state index contributed by atoms with van der Waals surface area (Å²) in [5.74, 6) is 1.22. The Morgan fingerprint density at radius 1 is 1.08 bits per heavy atom. The standard InChI is InChI=1S/C18H13BrN2O2S/c1-22-16-7-14-15(8-17(16)23-2)21-10-11(9-20)18(14)24-13-5-3-12(19)4-6-13/h3-8,10H,1-2H3.